The highest BCUT2D eigenvalue weighted by molar-refractivity contribution is 5.85. The van der Waals surface area contributed by atoms with E-state index in [1.807, 2.05) is 20.3 Å². The molecule has 2 rings (SSSR count). The number of carbonyl (C=O) groups excluding carboxylic acids is 1. The Morgan fingerprint density at radius 3 is 2.75 bits per heavy atom. The molecule has 0 bridgehead atoms. The van der Waals surface area contributed by atoms with Gasteiger partial charge >= 0.3 is 0 Å². The molecule has 2 atom stereocenters. The molecule has 1 aliphatic carbocycles. The van der Waals surface area contributed by atoms with Crippen molar-refractivity contribution >= 4 is 30.7 Å². The summed E-state index contributed by atoms with van der Waals surface area (Å²) in [4.78, 5) is 14.1. The Morgan fingerprint density at radius 1 is 1.50 bits per heavy atom. The molecule has 0 spiro atoms. The molecule has 20 heavy (non-hydrogen) atoms. The molecule has 0 aliphatic heterocycles. The third-order valence-electron chi connectivity index (χ3n) is 3.62. The molecule has 1 saturated carbocycles. The maximum atomic E-state index is 12.3. The molecule has 7 heteroatoms. The Balaban J connectivity index is 0.00000180. The first-order valence-electron chi connectivity index (χ1n) is 6.54. The highest BCUT2D eigenvalue weighted by Crippen LogP contribution is 2.25. The van der Waals surface area contributed by atoms with Gasteiger partial charge in [-0.2, -0.15) is 5.10 Å². The van der Waals surface area contributed by atoms with Crippen LogP contribution in [-0.4, -0.2) is 33.7 Å². The molecule has 2 N–H and O–H groups in total. The minimum atomic E-state index is 0. The molecule has 1 aliphatic rings. The normalized spacial score (nSPS) is 21.6. The standard InChI is InChI=1S/C13H22N4O.2ClH/c1-16(8-10-7-15-17(2)9-10)13(18)11-4-3-5-12(14)6-11;;/h7,9,11-12H,3-6,8,14H2,1-2H3;2*1H. The fourth-order valence-electron chi connectivity index (χ4n) is 2.67. The number of halogens is 2. The van der Waals surface area contributed by atoms with Crippen LogP contribution in [-0.2, 0) is 18.4 Å². The zero-order chi connectivity index (χ0) is 13.1. The van der Waals surface area contributed by atoms with Crippen LogP contribution >= 0.6 is 24.8 Å². The van der Waals surface area contributed by atoms with Gasteiger partial charge in [-0.3, -0.25) is 9.48 Å². The molecular weight excluding hydrogens is 299 g/mol. The van der Waals surface area contributed by atoms with Crippen molar-refractivity contribution in [3.05, 3.63) is 18.0 Å². The average molecular weight is 323 g/mol. The lowest BCUT2D eigenvalue weighted by Gasteiger charge is -2.29. The van der Waals surface area contributed by atoms with E-state index in [4.69, 9.17) is 5.73 Å². The summed E-state index contributed by atoms with van der Waals surface area (Å²) in [7, 11) is 3.74. The third kappa shape index (κ3) is 4.96. The topological polar surface area (TPSA) is 64.2 Å². The second-order valence-corrected chi connectivity index (χ2v) is 5.34. The molecule has 1 heterocycles. The number of hydrogen-bond acceptors (Lipinski definition) is 3. The summed E-state index contributed by atoms with van der Waals surface area (Å²) in [6.07, 6.45) is 7.67. The lowest BCUT2D eigenvalue weighted by atomic mass is 9.85. The van der Waals surface area contributed by atoms with Crippen LogP contribution in [0.1, 0.15) is 31.2 Å². The van der Waals surface area contributed by atoms with Crippen LogP contribution in [0.3, 0.4) is 0 Å². The van der Waals surface area contributed by atoms with E-state index >= 15 is 0 Å². The summed E-state index contributed by atoms with van der Waals surface area (Å²) >= 11 is 0. The molecule has 0 radical (unpaired) electrons. The number of hydrogen-bond donors (Lipinski definition) is 1. The Morgan fingerprint density at radius 2 is 2.20 bits per heavy atom. The van der Waals surface area contributed by atoms with Gasteiger partial charge in [0.15, 0.2) is 0 Å². The number of rotatable bonds is 3. The van der Waals surface area contributed by atoms with E-state index < -0.39 is 0 Å². The van der Waals surface area contributed by atoms with E-state index in [2.05, 4.69) is 5.10 Å². The highest BCUT2D eigenvalue weighted by atomic mass is 35.5. The van der Waals surface area contributed by atoms with E-state index in [0.29, 0.717) is 6.54 Å². The minimum absolute atomic E-state index is 0. The first kappa shape index (κ1) is 19.2. The number of amides is 1. The van der Waals surface area contributed by atoms with E-state index in [1.165, 1.54) is 0 Å². The second kappa shape index (κ2) is 8.49. The molecular formula is C13H24Cl2N4O. The van der Waals surface area contributed by atoms with Crippen molar-refractivity contribution < 1.29 is 4.79 Å². The number of aryl methyl sites for hydroxylation is 1. The molecule has 1 fully saturated rings. The van der Waals surface area contributed by atoms with Gasteiger partial charge in [0.05, 0.1) is 6.20 Å². The lowest BCUT2D eigenvalue weighted by molar-refractivity contribution is -0.135. The van der Waals surface area contributed by atoms with Crippen LogP contribution in [0, 0.1) is 5.92 Å². The third-order valence-corrected chi connectivity index (χ3v) is 3.62. The summed E-state index contributed by atoms with van der Waals surface area (Å²) in [6.45, 7) is 0.623. The Bertz CT molecular complexity index is 424. The predicted molar refractivity (Wildman–Crippen MR) is 84.1 cm³/mol. The van der Waals surface area contributed by atoms with Gasteiger partial charge in [0.1, 0.15) is 0 Å². The minimum Gasteiger partial charge on any atom is -0.341 e. The van der Waals surface area contributed by atoms with E-state index in [9.17, 15) is 4.79 Å². The van der Waals surface area contributed by atoms with Gasteiger partial charge in [-0.15, -0.1) is 24.8 Å². The first-order chi connectivity index (χ1) is 8.56. The van der Waals surface area contributed by atoms with Crippen molar-refractivity contribution in [3.63, 3.8) is 0 Å². The van der Waals surface area contributed by atoms with Crippen LogP contribution in [0.5, 0.6) is 0 Å². The van der Waals surface area contributed by atoms with Gasteiger partial charge in [-0.05, 0) is 19.3 Å². The molecule has 1 amide bonds. The summed E-state index contributed by atoms with van der Waals surface area (Å²) in [5, 5.41) is 4.11. The van der Waals surface area contributed by atoms with Gasteiger partial charge in [0.2, 0.25) is 5.91 Å². The van der Waals surface area contributed by atoms with E-state index in [1.54, 1.807) is 15.8 Å². The molecule has 5 nitrogen and oxygen atoms in total. The van der Waals surface area contributed by atoms with Crippen LogP contribution in [0.2, 0.25) is 0 Å². The van der Waals surface area contributed by atoms with Crippen molar-refractivity contribution in [1.82, 2.24) is 14.7 Å². The zero-order valence-electron chi connectivity index (χ0n) is 12.0. The molecule has 1 aromatic rings. The summed E-state index contributed by atoms with van der Waals surface area (Å²) in [5.74, 6) is 0.324. The van der Waals surface area contributed by atoms with Crippen molar-refractivity contribution in [2.45, 2.75) is 38.3 Å². The van der Waals surface area contributed by atoms with Crippen LogP contribution in [0.4, 0.5) is 0 Å². The predicted octanol–water partition coefficient (Wildman–Crippen LogP) is 1.74. The number of nitrogens with two attached hydrogens (primary N) is 1. The summed E-state index contributed by atoms with van der Waals surface area (Å²) in [5.41, 5.74) is 7.00. The SMILES string of the molecule is CN(Cc1cnn(C)c1)C(=O)C1CCCC(N)C1.Cl.Cl. The zero-order valence-corrected chi connectivity index (χ0v) is 13.6. The number of carbonyl (C=O) groups is 1. The fraction of sp³-hybridized carbons (Fsp3) is 0.692. The summed E-state index contributed by atoms with van der Waals surface area (Å²) < 4.78 is 1.75. The van der Waals surface area contributed by atoms with Crippen LogP contribution in [0.15, 0.2) is 12.4 Å². The maximum absolute atomic E-state index is 12.3. The smallest absolute Gasteiger partial charge is 0.225 e. The van der Waals surface area contributed by atoms with Crippen molar-refractivity contribution in [2.24, 2.45) is 18.7 Å². The second-order valence-electron chi connectivity index (χ2n) is 5.34. The monoisotopic (exact) mass is 322 g/mol. The molecule has 0 saturated heterocycles. The van der Waals surface area contributed by atoms with Crippen LogP contribution < -0.4 is 5.73 Å². The quantitative estimate of drug-likeness (QED) is 0.921. The van der Waals surface area contributed by atoms with E-state index in [-0.39, 0.29) is 42.7 Å². The molecule has 0 aromatic carbocycles. The largest absolute Gasteiger partial charge is 0.341 e. The average Bonchev–Trinajstić information content (AvgIpc) is 2.73. The van der Waals surface area contributed by atoms with Crippen molar-refractivity contribution in [2.75, 3.05) is 7.05 Å². The Labute approximate surface area is 132 Å². The molecule has 2 unspecified atom stereocenters. The Kier molecular flexibility index (Phi) is 8.16. The first-order valence-corrected chi connectivity index (χ1v) is 6.54. The van der Waals surface area contributed by atoms with Gasteiger partial charge < -0.3 is 10.6 Å². The Hall–Kier alpha value is -0.780. The fourth-order valence-corrected chi connectivity index (χ4v) is 2.67. The highest BCUT2D eigenvalue weighted by Gasteiger charge is 2.27. The van der Waals surface area contributed by atoms with Crippen LogP contribution in [0.25, 0.3) is 0 Å². The number of nitrogens with zero attached hydrogens (tertiary/aromatic N) is 3. The van der Waals surface area contributed by atoms with E-state index in [0.717, 1.165) is 31.2 Å². The lowest BCUT2D eigenvalue weighted by Crippen LogP contribution is -2.38. The van der Waals surface area contributed by atoms with Gasteiger partial charge in [0.25, 0.3) is 0 Å². The molecule has 116 valence electrons. The van der Waals surface area contributed by atoms with Gasteiger partial charge in [-0.1, -0.05) is 6.42 Å². The van der Waals surface area contributed by atoms with Gasteiger partial charge in [0, 0.05) is 44.4 Å². The van der Waals surface area contributed by atoms with Crippen molar-refractivity contribution in [3.8, 4) is 0 Å². The molecule has 1 aromatic heterocycles. The van der Waals surface area contributed by atoms with Crippen molar-refractivity contribution in [1.29, 1.82) is 0 Å². The van der Waals surface area contributed by atoms with Gasteiger partial charge in [-0.25, -0.2) is 0 Å². The maximum Gasteiger partial charge on any atom is 0.225 e. The number of aromatic nitrogens is 2. The summed E-state index contributed by atoms with van der Waals surface area (Å²) in [6, 6.07) is 0.194.